The largest absolute Gasteiger partial charge is 0.341 e. The van der Waals surface area contributed by atoms with Gasteiger partial charge >= 0.3 is 17.1 Å². The summed E-state index contributed by atoms with van der Waals surface area (Å²) in [4.78, 5) is 38.4. The summed E-state index contributed by atoms with van der Waals surface area (Å²) in [5.41, 5.74) is -2.53. The first kappa shape index (κ1) is 19.6. The molecule has 0 aliphatic rings. The Morgan fingerprint density at radius 3 is 2.00 bits per heavy atom. The fraction of sp³-hybridized carbons (Fsp3) is 0.0556. The standard InChI is InChI=1S/C18H14ClN3O5S/c1-2-11-21-16(23)20-17(24)22(18(21)25)13-5-9-15(10-6-13)28(26,27)14-7-3-12(19)4-8-14/h2-10H,1,11H2,(H,20,23,24). The molecule has 2 aromatic carbocycles. The summed E-state index contributed by atoms with van der Waals surface area (Å²) >= 11 is 5.78. The number of aromatic amines is 1. The molecule has 1 heterocycles. The quantitative estimate of drug-likeness (QED) is 0.628. The summed E-state index contributed by atoms with van der Waals surface area (Å²) in [7, 11) is -3.80. The molecular formula is C18H14ClN3O5S. The Morgan fingerprint density at radius 2 is 1.46 bits per heavy atom. The van der Waals surface area contributed by atoms with E-state index < -0.39 is 26.9 Å². The molecule has 0 saturated heterocycles. The van der Waals surface area contributed by atoms with Crippen molar-refractivity contribution in [1.82, 2.24) is 14.1 Å². The van der Waals surface area contributed by atoms with Gasteiger partial charge in [0, 0.05) is 5.02 Å². The zero-order chi connectivity index (χ0) is 20.5. The smallest absolute Gasteiger partial charge is 0.258 e. The van der Waals surface area contributed by atoms with Gasteiger partial charge in [0.2, 0.25) is 9.84 Å². The number of benzene rings is 2. The van der Waals surface area contributed by atoms with Crippen LogP contribution in [0.2, 0.25) is 5.02 Å². The van der Waals surface area contributed by atoms with Crippen LogP contribution in [0.3, 0.4) is 0 Å². The number of nitrogens with zero attached hydrogens (tertiary/aromatic N) is 2. The maximum atomic E-state index is 12.7. The van der Waals surface area contributed by atoms with E-state index in [4.69, 9.17) is 11.6 Å². The highest BCUT2D eigenvalue weighted by Gasteiger charge is 2.18. The summed E-state index contributed by atoms with van der Waals surface area (Å²) in [5.74, 6) is 0. The first-order chi connectivity index (χ1) is 13.3. The van der Waals surface area contributed by atoms with Gasteiger partial charge in [-0.25, -0.2) is 31.9 Å². The first-order valence-electron chi connectivity index (χ1n) is 7.94. The SMILES string of the molecule is C=CCn1c(=O)[nH]c(=O)n(-c2ccc(S(=O)(=O)c3ccc(Cl)cc3)cc2)c1=O. The van der Waals surface area contributed by atoms with Crippen molar-refractivity contribution in [1.29, 1.82) is 0 Å². The number of hydrogen-bond acceptors (Lipinski definition) is 5. The number of allylic oxidation sites excluding steroid dienone is 1. The van der Waals surface area contributed by atoms with Crippen LogP contribution in [0.25, 0.3) is 5.69 Å². The van der Waals surface area contributed by atoms with Gasteiger partial charge in [-0.15, -0.1) is 6.58 Å². The van der Waals surface area contributed by atoms with Crippen molar-refractivity contribution >= 4 is 21.4 Å². The summed E-state index contributed by atoms with van der Waals surface area (Å²) in [6.07, 6.45) is 1.34. The van der Waals surface area contributed by atoms with Gasteiger partial charge in [-0.1, -0.05) is 17.7 Å². The molecule has 0 aliphatic carbocycles. The lowest BCUT2D eigenvalue weighted by molar-refractivity contribution is 0.596. The Hall–Kier alpha value is -3.17. The van der Waals surface area contributed by atoms with Crippen molar-refractivity contribution in [3.8, 4) is 5.69 Å². The molecule has 3 rings (SSSR count). The second-order valence-electron chi connectivity index (χ2n) is 5.70. The molecule has 0 radical (unpaired) electrons. The van der Waals surface area contributed by atoms with E-state index in [0.717, 1.165) is 9.13 Å². The maximum absolute atomic E-state index is 12.7. The highest BCUT2D eigenvalue weighted by Crippen LogP contribution is 2.23. The molecule has 1 aromatic heterocycles. The number of aromatic nitrogens is 3. The number of halogens is 1. The molecule has 0 amide bonds. The molecule has 28 heavy (non-hydrogen) atoms. The highest BCUT2D eigenvalue weighted by molar-refractivity contribution is 7.91. The highest BCUT2D eigenvalue weighted by atomic mass is 35.5. The van der Waals surface area contributed by atoms with Gasteiger partial charge in [-0.3, -0.25) is 4.98 Å². The molecule has 10 heteroatoms. The summed E-state index contributed by atoms with van der Waals surface area (Å²) in [5, 5.41) is 0.405. The van der Waals surface area contributed by atoms with Crippen LogP contribution in [0.5, 0.6) is 0 Å². The zero-order valence-electron chi connectivity index (χ0n) is 14.3. The van der Waals surface area contributed by atoms with Crippen LogP contribution in [0.1, 0.15) is 0 Å². The van der Waals surface area contributed by atoms with Crippen LogP contribution < -0.4 is 17.1 Å². The van der Waals surface area contributed by atoms with Crippen molar-refractivity contribution in [3.63, 3.8) is 0 Å². The van der Waals surface area contributed by atoms with E-state index in [-0.39, 0.29) is 22.0 Å². The monoisotopic (exact) mass is 419 g/mol. The lowest BCUT2D eigenvalue weighted by atomic mass is 10.3. The van der Waals surface area contributed by atoms with Gasteiger partial charge in [-0.2, -0.15) is 0 Å². The third-order valence-corrected chi connectivity index (χ3v) is 5.96. The van der Waals surface area contributed by atoms with Gasteiger partial charge in [-0.05, 0) is 48.5 Å². The minimum Gasteiger partial charge on any atom is -0.258 e. The zero-order valence-corrected chi connectivity index (χ0v) is 15.9. The molecule has 0 fully saturated rings. The average molecular weight is 420 g/mol. The number of rotatable bonds is 5. The summed E-state index contributed by atoms with van der Waals surface area (Å²) in [6, 6.07) is 10.8. The van der Waals surface area contributed by atoms with Gasteiger partial charge in [0.1, 0.15) is 0 Å². The number of nitrogens with one attached hydrogen (secondary N) is 1. The van der Waals surface area contributed by atoms with Gasteiger partial charge in [0.05, 0.1) is 22.0 Å². The lowest BCUT2D eigenvalue weighted by Gasteiger charge is -2.09. The number of H-pyrrole nitrogens is 1. The minimum absolute atomic E-state index is 0.0255. The Bertz CT molecular complexity index is 1320. The van der Waals surface area contributed by atoms with E-state index in [1.807, 2.05) is 4.98 Å². The van der Waals surface area contributed by atoms with Crippen molar-refractivity contribution in [2.45, 2.75) is 16.3 Å². The van der Waals surface area contributed by atoms with Crippen LogP contribution in [-0.4, -0.2) is 22.5 Å². The Kier molecular flexibility index (Phi) is 5.21. The maximum Gasteiger partial charge on any atom is 0.341 e. The summed E-state index contributed by atoms with van der Waals surface area (Å²) < 4.78 is 26.9. The van der Waals surface area contributed by atoms with Crippen LogP contribution in [0, 0.1) is 0 Å². The average Bonchev–Trinajstić information content (AvgIpc) is 2.66. The molecule has 0 bridgehead atoms. The Morgan fingerprint density at radius 1 is 0.929 bits per heavy atom. The minimum atomic E-state index is -3.80. The van der Waals surface area contributed by atoms with E-state index in [0.29, 0.717) is 5.02 Å². The normalized spacial score (nSPS) is 11.3. The third-order valence-electron chi connectivity index (χ3n) is 3.93. The Balaban J connectivity index is 2.09. The molecule has 3 aromatic rings. The van der Waals surface area contributed by atoms with Crippen molar-refractivity contribution < 1.29 is 8.42 Å². The first-order valence-corrected chi connectivity index (χ1v) is 9.80. The fourth-order valence-electron chi connectivity index (χ4n) is 2.55. The topological polar surface area (TPSA) is 111 Å². The van der Waals surface area contributed by atoms with Gasteiger partial charge in [0.15, 0.2) is 0 Å². The second kappa shape index (κ2) is 7.45. The molecule has 0 spiro atoms. The predicted octanol–water partition coefficient (Wildman–Crippen LogP) is 1.36. The van der Waals surface area contributed by atoms with Crippen LogP contribution >= 0.6 is 11.6 Å². The van der Waals surface area contributed by atoms with E-state index in [2.05, 4.69) is 6.58 Å². The van der Waals surface area contributed by atoms with E-state index >= 15 is 0 Å². The lowest BCUT2D eigenvalue weighted by Crippen LogP contribution is -2.48. The van der Waals surface area contributed by atoms with E-state index in [1.54, 1.807) is 0 Å². The molecule has 0 aliphatic heterocycles. The molecule has 0 atom stereocenters. The second-order valence-corrected chi connectivity index (χ2v) is 8.09. The predicted molar refractivity (Wildman–Crippen MR) is 104 cm³/mol. The van der Waals surface area contributed by atoms with Crippen molar-refractivity contribution in [2.75, 3.05) is 0 Å². The Labute approximate surface area is 163 Å². The van der Waals surface area contributed by atoms with Crippen molar-refractivity contribution in [3.05, 3.63) is 97.7 Å². The van der Waals surface area contributed by atoms with Crippen LogP contribution in [-0.2, 0) is 16.4 Å². The number of hydrogen-bond donors (Lipinski definition) is 1. The van der Waals surface area contributed by atoms with Crippen LogP contribution in [0.15, 0.2) is 85.4 Å². The van der Waals surface area contributed by atoms with Crippen molar-refractivity contribution in [2.24, 2.45) is 0 Å². The van der Waals surface area contributed by atoms with Gasteiger partial charge in [0.25, 0.3) is 0 Å². The molecule has 0 unspecified atom stereocenters. The number of sulfone groups is 1. The molecule has 144 valence electrons. The molecule has 0 saturated carbocycles. The summed E-state index contributed by atoms with van der Waals surface area (Å²) in [6.45, 7) is 3.38. The van der Waals surface area contributed by atoms with E-state index in [9.17, 15) is 22.8 Å². The molecular weight excluding hydrogens is 406 g/mol. The fourth-order valence-corrected chi connectivity index (χ4v) is 3.94. The van der Waals surface area contributed by atoms with Gasteiger partial charge < -0.3 is 0 Å². The van der Waals surface area contributed by atoms with Crippen LogP contribution in [0.4, 0.5) is 0 Å². The van der Waals surface area contributed by atoms with E-state index in [1.165, 1.54) is 54.6 Å². The molecule has 1 N–H and O–H groups in total. The molecule has 8 nitrogen and oxygen atoms in total. The third kappa shape index (κ3) is 3.49.